The molecule has 2 aromatic carbocycles. The Hall–Kier alpha value is -2.89. The van der Waals surface area contributed by atoms with E-state index in [1.165, 1.54) is 13.0 Å². The molecule has 0 aliphatic rings. The number of benzene rings is 2. The second kappa shape index (κ2) is 9.71. The summed E-state index contributed by atoms with van der Waals surface area (Å²) in [5.41, 5.74) is 2.32. The molecular weight excluding hydrogens is 345 g/mol. The van der Waals surface area contributed by atoms with Gasteiger partial charge in [-0.15, -0.1) is 0 Å². The van der Waals surface area contributed by atoms with Gasteiger partial charge in [-0.05, 0) is 42.3 Å². The molecule has 0 spiro atoms. The molecule has 27 heavy (non-hydrogen) atoms. The van der Waals surface area contributed by atoms with Crippen LogP contribution in [0.25, 0.3) is 0 Å². The number of carbonyl (C=O) groups is 2. The summed E-state index contributed by atoms with van der Waals surface area (Å²) in [7, 11) is 3.90. The summed E-state index contributed by atoms with van der Waals surface area (Å²) in [6.45, 7) is 2.13. The van der Waals surface area contributed by atoms with Gasteiger partial charge in [-0.2, -0.15) is 0 Å². The van der Waals surface area contributed by atoms with Crippen LogP contribution < -0.4 is 10.2 Å². The van der Waals surface area contributed by atoms with E-state index in [2.05, 4.69) is 5.32 Å². The van der Waals surface area contributed by atoms with Gasteiger partial charge in [0.2, 0.25) is 11.8 Å². The molecule has 0 saturated carbocycles. The third-order valence-electron chi connectivity index (χ3n) is 4.33. The molecule has 2 rings (SSSR count). The van der Waals surface area contributed by atoms with Crippen molar-refractivity contribution in [2.75, 3.05) is 37.4 Å². The van der Waals surface area contributed by atoms with Crippen LogP contribution >= 0.6 is 0 Å². The zero-order valence-electron chi connectivity index (χ0n) is 16.0. The first kappa shape index (κ1) is 20.4. The Bertz CT molecular complexity index is 775. The van der Waals surface area contributed by atoms with Crippen molar-refractivity contribution in [2.24, 2.45) is 0 Å². The molecule has 0 aliphatic carbocycles. The van der Waals surface area contributed by atoms with Gasteiger partial charge in [0.25, 0.3) is 0 Å². The lowest BCUT2D eigenvalue weighted by molar-refractivity contribution is -0.129. The lowest BCUT2D eigenvalue weighted by Gasteiger charge is -2.21. The zero-order chi connectivity index (χ0) is 19.8. The van der Waals surface area contributed by atoms with Gasteiger partial charge in [-0.1, -0.05) is 18.2 Å². The van der Waals surface area contributed by atoms with Crippen LogP contribution in [0.3, 0.4) is 0 Å². The van der Waals surface area contributed by atoms with Crippen LogP contribution in [0.5, 0.6) is 0 Å². The van der Waals surface area contributed by atoms with Gasteiger partial charge in [0.15, 0.2) is 0 Å². The third-order valence-corrected chi connectivity index (χ3v) is 4.33. The van der Waals surface area contributed by atoms with Crippen molar-refractivity contribution in [1.29, 1.82) is 0 Å². The quantitative estimate of drug-likeness (QED) is 0.775. The molecule has 0 atom stereocenters. The van der Waals surface area contributed by atoms with Crippen LogP contribution in [-0.2, 0) is 16.0 Å². The van der Waals surface area contributed by atoms with E-state index < -0.39 is 0 Å². The first-order chi connectivity index (χ1) is 12.9. The van der Waals surface area contributed by atoms with E-state index in [1.807, 2.05) is 43.3 Å². The number of carbonyl (C=O) groups excluding carboxylic acids is 2. The molecule has 0 heterocycles. The standard InChI is InChI=1S/C21H26FN3O2/c1-16(26)25(14-12-17-6-4-5-7-20(17)22)15-13-21(27)23-18-8-10-19(11-9-18)24(2)3/h4-11H,12-15H2,1-3H3,(H,23,27). The first-order valence-electron chi connectivity index (χ1n) is 8.93. The van der Waals surface area contributed by atoms with E-state index in [9.17, 15) is 14.0 Å². The Kier molecular flexibility index (Phi) is 7.34. The summed E-state index contributed by atoms with van der Waals surface area (Å²) in [4.78, 5) is 27.5. The number of nitrogens with one attached hydrogen (secondary N) is 1. The molecule has 0 radical (unpaired) electrons. The summed E-state index contributed by atoms with van der Waals surface area (Å²) < 4.78 is 13.7. The van der Waals surface area contributed by atoms with Gasteiger partial charge in [-0.3, -0.25) is 9.59 Å². The van der Waals surface area contributed by atoms with E-state index >= 15 is 0 Å². The van der Waals surface area contributed by atoms with E-state index in [-0.39, 0.29) is 24.1 Å². The minimum atomic E-state index is -0.278. The number of anilines is 2. The van der Waals surface area contributed by atoms with Crippen molar-refractivity contribution >= 4 is 23.2 Å². The fourth-order valence-electron chi connectivity index (χ4n) is 2.69. The highest BCUT2D eigenvalue weighted by molar-refractivity contribution is 5.91. The summed E-state index contributed by atoms with van der Waals surface area (Å²) in [5.74, 6) is -0.570. The maximum absolute atomic E-state index is 13.7. The van der Waals surface area contributed by atoms with Gasteiger partial charge in [0.1, 0.15) is 5.82 Å². The van der Waals surface area contributed by atoms with E-state index in [4.69, 9.17) is 0 Å². The number of nitrogens with zero attached hydrogens (tertiary/aromatic N) is 2. The number of amides is 2. The molecule has 0 aromatic heterocycles. The molecule has 6 heteroatoms. The lowest BCUT2D eigenvalue weighted by atomic mass is 10.1. The van der Waals surface area contributed by atoms with E-state index in [1.54, 1.807) is 23.1 Å². The monoisotopic (exact) mass is 371 g/mol. The third kappa shape index (κ3) is 6.40. The molecule has 144 valence electrons. The van der Waals surface area contributed by atoms with Gasteiger partial charge in [-0.25, -0.2) is 4.39 Å². The maximum atomic E-state index is 13.7. The fourth-order valence-corrected chi connectivity index (χ4v) is 2.69. The maximum Gasteiger partial charge on any atom is 0.226 e. The molecule has 2 amide bonds. The molecular formula is C21H26FN3O2. The van der Waals surface area contributed by atoms with Crippen molar-refractivity contribution < 1.29 is 14.0 Å². The summed E-state index contributed by atoms with van der Waals surface area (Å²) in [6, 6.07) is 14.0. The van der Waals surface area contributed by atoms with E-state index in [0.717, 1.165) is 5.69 Å². The van der Waals surface area contributed by atoms with Crippen LogP contribution in [0.4, 0.5) is 15.8 Å². The molecule has 0 aliphatic heterocycles. The largest absolute Gasteiger partial charge is 0.378 e. The predicted molar refractivity (Wildman–Crippen MR) is 106 cm³/mol. The van der Waals surface area contributed by atoms with Gasteiger partial charge < -0.3 is 15.1 Å². The highest BCUT2D eigenvalue weighted by Gasteiger charge is 2.12. The normalized spacial score (nSPS) is 10.4. The predicted octanol–water partition coefficient (Wildman–Crippen LogP) is 3.31. The minimum Gasteiger partial charge on any atom is -0.378 e. The molecule has 2 aromatic rings. The molecule has 5 nitrogen and oxygen atoms in total. The first-order valence-corrected chi connectivity index (χ1v) is 8.93. The molecule has 1 N–H and O–H groups in total. The van der Waals surface area contributed by atoms with Crippen LogP contribution in [0.1, 0.15) is 18.9 Å². The topological polar surface area (TPSA) is 52.7 Å². The number of hydrogen-bond acceptors (Lipinski definition) is 3. The number of rotatable bonds is 8. The van der Waals surface area contributed by atoms with Crippen molar-refractivity contribution in [3.63, 3.8) is 0 Å². The smallest absolute Gasteiger partial charge is 0.226 e. The molecule has 0 unspecified atom stereocenters. The van der Waals surface area contributed by atoms with Crippen molar-refractivity contribution in [1.82, 2.24) is 4.90 Å². The Balaban J connectivity index is 1.84. The average Bonchev–Trinajstić information content (AvgIpc) is 2.63. The summed E-state index contributed by atoms with van der Waals surface area (Å²) >= 11 is 0. The Morgan fingerprint density at radius 1 is 1.00 bits per heavy atom. The fraction of sp³-hybridized carbons (Fsp3) is 0.333. The van der Waals surface area contributed by atoms with Crippen molar-refractivity contribution in [2.45, 2.75) is 19.8 Å². The average molecular weight is 371 g/mol. The Labute approximate surface area is 159 Å². The zero-order valence-corrected chi connectivity index (χ0v) is 16.0. The van der Waals surface area contributed by atoms with Crippen LogP contribution in [0, 0.1) is 5.82 Å². The summed E-state index contributed by atoms with van der Waals surface area (Å²) in [6.07, 6.45) is 0.603. The Morgan fingerprint density at radius 3 is 2.26 bits per heavy atom. The van der Waals surface area contributed by atoms with Gasteiger partial charge in [0, 0.05) is 51.9 Å². The minimum absolute atomic E-state index is 0.130. The molecule has 0 saturated heterocycles. The van der Waals surface area contributed by atoms with Gasteiger partial charge in [0.05, 0.1) is 0 Å². The molecule has 0 bridgehead atoms. The van der Waals surface area contributed by atoms with Gasteiger partial charge >= 0.3 is 0 Å². The second-order valence-electron chi connectivity index (χ2n) is 6.59. The SMILES string of the molecule is CC(=O)N(CCC(=O)Nc1ccc(N(C)C)cc1)CCc1ccccc1F. The number of hydrogen-bond donors (Lipinski definition) is 1. The van der Waals surface area contributed by atoms with Crippen molar-refractivity contribution in [3.05, 3.63) is 59.9 Å². The van der Waals surface area contributed by atoms with E-state index in [0.29, 0.717) is 30.8 Å². The van der Waals surface area contributed by atoms with Crippen LogP contribution in [0.2, 0.25) is 0 Å². The second-order valence-corrected chi connectivity index (χ2v) is 6.59. The van der Waals surface area contributed by atoms with Crippen LogP contribution in [-0.4, -0.2) is 43.9 Å². The van der Waals surface area contributed by atoms with Crippen molar-refractivity contribution in [3.8, 4) is 0 Å². The summed E-state index contributed by atoms with van der Waals surface area (Å²) in [5, 5.41) is 2.83. The number of halogens is 1. The highest BCUT2D eigenvalue weighted by atomic mass is 19.1. The Morgan fingerprint density at radius 2 is 1.67 bits per heavy atom. The van der Waals surface area contributed by atoms with Crippen LogP contribution in [0.15, 0.2) is 48.5 Å². The highest BCUT2D eigenvalue weighted by Crippen LogP contribution is 2.16. The lowest BCUT2D eigenvalue weighted by Crippen LogP contribution is -2.33. The molecule has 0 fully saturated rings.